The normalized spacial score (nSPS) is 22.4. The van der Waals surface area contributed by atoms with E-state index in [0.29, 0.717) is 26.1 Å². The van der Waals surface area contributed by atoms with Crippen LogP contribution in [0.15, 0.2) is 0 Å². The van der Waals surface area contributed by atoms with Gasteiger partial charge in [-0.15, -0.1) is 0 Å². The number of carbonyl (C=O) groups is 3. The number of ether oxygens (including phenoxy) is 2. The zero-order valence-electron chi connectivity index (χ0n) is 10.2. The zero-order valence-corrected chi connectivity index (χ0v) is 10.2. The van der Waals surface area contributed by atoms with Crippen molar-refractivity contribution < 1.29 is 23.9 Å². The van der Waals surface area contributed by atoms with Crippen molar-refractivity contribution >= 4 is 17.7 Å². The summed E-state index contributed by atoms with van der Waals surface area (Å²) >= 11 is 0. The van der Waals surface area contributed by atoms with E-state index in [9.17, 15) is 14.4 Å². The summed E-state index contributed by atoms with van der Waals surface area (Å²) in [6.45, 7) is 0.534. The van der Waals surface area contributed by atoms with E-state index in [-0.39, 0.29) is 24.8 Å². The number of amides is 3. The number of Topliss-reactive ketones (excluding diaryl/α,β-unsaturated/α-hetero) is 1. The highest BCUT2D eigenvalue weighted by molar-refractivity contribution is 6.09. The van der Waals surface area contributed by atoms with Gasteiger partial charge in [0.15, 0.2) is 5.78 Å². The average molecular weight is 256 g/mol. The van der Waals surface area contributed by atoms with Crippen molar-refractivity contribution in [1.82, 2.24) is 10.2 Å². The molecule has 2 saturated heterocycles. The van der Waals surface area contributed by atoms with Gasteiger partial charge in [-0.1, -0.05) is 0 Å². The number of hydrogen-bond acceptors (Lipinski definition) is 5. The van der Waals surface area contributed by atoms with Crippen LogP contribution in [0.2, 0.25) is 0 Å². The van der Waals surface area contributed by atoms with E-state index in [1.807, 2.05) is 0 Å². The fourth-order valence-electron chi connectivity index (χ4n) is 2.26. The van der Waals surface area contributed by atoms with E-state index in [0.717, 1.165) is 4.90 Å². The van der Waals surface area contributed by atoms with Gasteiger partial charge < -0.3 is 14.8 Å². The molecule has 2 aliphatic rings. The number of nitrogens with zero attached hydrogens (tertiary/aromatic N) is 1. The minimum atomic E-state index is -0.872. The van der Waals surface area contributed by atoms with Crippen LogP contribution in [0.4, 0.5) is 4.79 Å². The van der Waals surface area contributed by atoms with E-state index in [1.165, 1.54) is 7.11 Å². The van der Waals surface area contributed by atoms with E-state index >= 15 is 0 Å². The van der Waals surface area contributed by atoms with Crippen LogP contribution in [0, 0.1) is 0 Å². The molecule has 7 heteroatoms. The fraction of sp³-hybridized carbons (Fsp3) is 0.727. The molecule has 3 amide bonds. The first-order chi connectivity index (χ1) is 8.59. The zero-order chi connectivity index (χ0) is 13.2. The summed E-state index contributed by atoms with van der Waals surface area (Å²) in [7, 11) is 1.39. The smallest absolute Gasteiger partial charge is 0.325 e. The topological polar surface area (TPSA) is 84.9 Å². The highest BCUT2D eigenvalue weighted by Crippen LogP contribution is 2.28. The molecule has 2 rings (SSSR count). The molecular weight excluding hydrogens is 240 g/mol. The van der Waals surface area contributed by atoms with Crippen LogP contribution in [-0.2, 0) is 19.1 Å². The molecule has 0 aromatic rings. The van der Waals surface area contributed by atoms with Crippen LogP contribution in [0.1, 0.15) is 12.8 Å². The van der Waals surface area contributed by atoms with Crippen LogP contribution in [0.3, 0.4) is 0 Å². The molecule has 100 valence electrons. The summed E-state index contributed by atoms with van der Waals surface area (Å²) < 4.78 is 9.87. The Labute approximate surface area is 104 Å². The van der Waals surface area contributed by atoms with Crippen molar-refractivity contribution in [1.29, 1.82) is 0 Å². The Hall–Kier alpha value is -1.47. The number of carbonyl (C=O) groups excluding carboxylic acids is 3. The van der Waals surface area contributed by atoms with Crippen LogP contribution >= 0.6 is 0 Å². The molecule has 0 aromatic carbocycles. The lowest BCUT2D eigenvalue weighted by atomic mass is 9.90. The van der Waals surface area contributed by atoms with Crippen molar-refractivity contribution in [3.63, 3.8) is 0 Å². The molecule has 0 unspecified atom stereocenters. The third-order valence-corrected chi connectivity index (χ3v) is 3.23. The fourth-order valence-corrected chi connectivity index (χ4v) is 2.26. The highest BCUT2D eigenvalue weighted by atomic mass is 16.5. The number of rotatable bonds is 4. The van der Waals surface area contributed by atoms with Crippen molar-refractivity contribution in [3.05, 3.63) is 0 Å². The summed E-state index contributed by atoms with van der Waals surface area (Å²) in [6, 6.07) is -0.508. The number of urea groups is 1. The number of nitrogens with one attached hydrogen (secondary N) is 1. The van der Waals surface area contributed by atoms with Crippen molar-refractivity contribution in [2.24, 2.45) is 0 Å². The largest absolute Gasteiger partial charge is 0.381 e. The maximum Gasteiger partial charge on any atom is 0.325 e. The third-order valence-electron chi connectivity index (χ3n) is 3.23. The first kappa shape index (κ1) is 13.0. The lowest BCUT2D eigenvalue weighted by Crippen LogP contribution is -2.51. The Balaban J connectivity index is 2.07. The summed E-state index contributed by atoms with van der Waals surface area (Å²) in [4.78, 5) is 36.4. The number of imide groups is 1. The van der Waals surface area contributed by atoms with Crippen LogP contribution in [0.5, 0.6) is 0 Å². The Morgan fingerprint density at radius 3 is 2.72 bits per heavy atom. The van der Waals surface area contributed by atoms with Crippen LogP contribution in [-0.4, -0.2) is 61.6 Å². The van der Waals surface area contributed by atoms with Gasteiger partial charge in [-0.2, -0.15) is 0 Å². The summed E-state index contributed by atoms with van der Waals surface area (Å²) in [5.41, 5.74) is -0.872. The molecule has 1 N–H and O–H groups in total. The van der Waals surface area contributed by atoms with Crippen LogP contribution in [0.25, 0.3) is 0 Å². The maximum absolute atomic E-state index is 12.2. The molecular formula is C11H16N2O5. The third kappa shape index (κ3) is 2.23. The number of hydrogen-bond donors (Lipinski definition) is 1. The Morgan fingerprint density at radius 2 is 2.11 bits per heavy atom. The van der Waals surface area contributed by atoms with Crippen molar-refractivity contribution in [2.45, 2.75) is 18.4 Å². The molecule has 0 radical (unpaired) electrons. The summed E-state index contributed by atoms with van der Waals surface area (Å²) in [6.07, 6.45) is 0.902. The van der Waals surface area contributed by atoms with E-state index in [1.54, 1.807) is 0 Å². The van der Waals surface area contributed by atoms with Crippen molar-refractivity contribution in [2.75, 3.05) is 33.5 Å². The summed E-state index contributed by atoms with van der Waals surface area (Å²) in [5, 5.41) is 2.68. The second kappa shape index (κ2) is 5.03. The van der Waals surface area contributed by atoms with Gasteiger partial charge in [0.05, 0.1) is 6.54 Å². The molecule has 7 nitrogen and oxygen atoms in total. The van der Waals surface area contributed by atoms with Gasteiger partial charge in [-0.3, -0.25) is 14.5 Å². The second-order valence-electron chi connectivity index (χ2n) is 4.49. The molecule has 0 saturated carbocycles. The van der Waals surface area contributed by atoms with Gasteiger partial charge in [-0.25, -0.2) is 4.79 Å². The molecule has 18 heavy (non-hydrogen) atoms. The molecule has 0 aliphatic carbocycles. The minimum Gasteiger partial charge on any atom is -0.381 e. The molecule has 2 heterocycles. The summed E-state index contributed by atoms with van der Waals surface area (Å²) in [5.74, 6) is -0.634. The lowest BCUT2D eigenvalue weighted by molar-refractivity contribution is -0.137. The van der Waals surface area contributed by atoms with Gasteiger partial charge in [-0.05, 0) is 0 Å². The molecule has 2 aliphatic heterocycles. The molecule has 0 bridgehead atoms. The molecule has 0 aromatic heterocycles. The standard InChI is InChI=1S/C11H16N2O5/c1-17-7-8(14)6-13-9(15)11(12-10(13)16)2-4-18-5-3-11/h2-7H2,1H3,(H,12,16). The lowest BCUT2D eigenvalue weighted by Gasteiger charge is -2.30. The predicted molar refractivity (Wildman–Crippen MR) is 59.9 cm³/mol. The number of ketones is 1. The second-order valence-corrected chi connectivity index (χ2v) is 4.49. The van der Waals surface area contributed by atoms with Gasteiger partial charge >= 0.3 is 6.03 Å². The quantitative estimate of drug-likeness (QED) is 0.672. The SMILES string of the molecule is COCC(=O)CN1C(=O)NC2(CCOCC2)C1=O. The minimum absolute atomic E-state index is 0.104. The highest BCUT2D eigenvalue weighted by Gasteiger charge is 2.51. The average Bonchev–Trinajstić information content (AvgIpc) is 2.55. The van der Waals surface area contributed by atoms with Crippen molar-refractivity contribution in [3.8, 4) is 0 Å². The molecule has 0 atom stereocenters. The van der Waals surface area contributed by atoms with E-state index < -0.39 is 11.6 Å². The Kier molecular flexibility index (Phi) is 3.63. The van der Waals surface area contributed by atoms with Gasteiger partial charge in [0.25, 0.3) is 5.91 Å². The first-order valence-electron chi connectivity index (χ1n) is 5.81. The Morgan fingerprint density at radius 1 is 1.44 bits per heavy atom. The van der Waals surface area contributed by atoms with E-state index in [4.69, 9.17) is 4.74 Å². The maximum atomic E-state index is 12.2. The van der Waals surface area contributed by atoms with Gasteiger partial charge in [0.1, 0.15) is 12.1 Å². The Bertz CT molecular complexity index is 376. The van der Waals surface area contributed by atoms with E-state index in [2.05, 4.69) is 10.1 Å². The first-order valence-corrected chi connectivity index (χ1v) is 5.81. The predicted octanol–water partition coefficient (Wildman–Crippen LogP) is -0.697. The molecule has 1 spiro atoms. The monoisotopic (exact) mass is 256 g/mol. The van der Waals surface area contributed by atoms with Gasteiger partial charge in [0, 0.05) is 33.2 Å². The van der Waals surface area contributed by atoms with Gasteiger partial charge in [0.2, 0.25) is 0 Å². The van der Waals surface area contributed by atoms with Crippen LogP contribution < -0.4 is 5.32 Å². The number of methoxy groups -OCH3 is 1. The molecule has 2 fully saturated rings.